The number of hydrogen-bond acceptors (Lipinski definition) is 1. The summed E-state index contributed by atoms with van der Waals surface area (Å²) in [6.45, 7) is 20.8. The predicted molar refractivity (Wildman–Crippen MR) is 84.0 cm³/mol. The van der Waals surface area contributed by atoms with Crippen LogP contribution in [0, 0.1) is 22.7 Å². The third kappa shape index (κ3) is 6.78. The van der Waals surface area contributed by atoms with Gasteiger partial charge in [0.1, 0.15) is 0 Å². The molecule has 0 amide bonds. The Morgan fingerprint density at radius 1 is 1.06 bits per heavy atom. The van der Waals surface area contributed by atoms with E-state index in [9.17, 15) is 0 Å². The Morgan fingerprint density at radius 3 is 2.11 bits per heavy atom. The summed E-state index contributed by atoms with van der Waals surface area (Å²) < 4.78 is 0. The molecule has 0 aromatic carbocycles. The molecular weight excluding hydrogens is 218 g/mol. The highest BCUT2D eigenvalue weighted by Gasteiger charge is 2.34. The van der Waals surface area contributed by atoms with Gasteiger partial charge in [0.05, 0.1) is 0 Å². The van der Waals surface area contributed by atoms with Crippen LogP contribution in [0.15, 0.2) is 0 Å². The normalized spacial score (nSPS) is 26.0. The van der Waals surface area contributed by atoms with Crippen molar-refractivity contribution in [3.8, 4) is 0 Å². The van der Waals surface area contributed by atoms with Gasteiger partial charge < -0.3 is 5.32 Å². The zero-order valence-corrected chi connectivity index (χ0v) is 14.2. The molecule has 1 nitrogen and oxygen atoms in total. The van der Waals surface area contributed by atoms with Gasteiger partial charge in [-0.2, -0.15) is 0 Å². The van der Waals surface area contributed by atoms with Crippen molar-refractivity contribution in [1.82, 2.24) is 5.32 Å². The molecule has 1 saturated heterocycles. The van der Waals surface area contributed by atoms with E-state index in [1.807, 2.05) is 13.8 Å². The Morgan fingerprint density at radius 2 is 1.61 bits per heavy atom. The number of nitrogens with one attached hydrogen (secondary N) is 1. The minimum atomic E-state index is 0.443. The zero-order valence-electron chi connectivity index (χ0n) is 14.2. The van der Waals surface area contributed by atoms with Crippen LogP contribution in [0.5, 0.6) is 0 Å². The molecule has 110 valence electrons. The molecule has 0 aliphatic carbocycles. The van der Waals surface area contributed by atoms with Crippen molar-refractivity contribution in [2.45, 2.75) is 74.7 Å². The predicted octanol–water partition coefficient (Wildman–Crippen LogP) is 5.11. The molecule has 0 bridgehead atoms. The highest BCUT2D eigenvalue weighted by Crippen LogP contribution is 2.42. The highest BCUT2D eigenvalue weighted by atomic mass is 14.9. The van der Waals surface area contributed by atoms with Gasteiger partial charge in [0.25, 0.3) is 0 Å². The smallest absolute Gasteiger partial charge is 0.00153 e. The van der Waals surface area contributed by atoms with Crippen LogP contribution in [0.25, 0.3) is 0 Å². The van der Waals surface area contributed by atoms with Gasteiger partial charge in [-0.25, -0.2) is 0 Å². The summed E-state index contributed by atoms with van der Waals surface area (Å²) in [4.78, 5) is 0. The molecule has 18 heavy (non-hydrogen) atoms. The summed E-state index contributed by atoms with van der Waals surface area (Å²) >= 11 is 0. The lowest BCUT2D eigenvalue weighted by Crippen LogP contribution is -2.35. The molecule has 0 aromatic rings. The lowest BCUT2D eigenvalue weighted by atomic mass is 9.67. The first kappa shape index (κ1) is 18.0. The first-order valence-electron chi connectivity index (χ1n) is 7.91. The summed E-state index contributed by atoms with van der Waals surface area (Å²) in [6.07, 6.45) is 4.07. The Balaban J connectivity index is 0.00000137. The Labute approximate surface area is 116 Å². The van der Waals surface area contributed by atoms with Crippen molar-refractivity contribution >= 4 is 0 Å². The van der Waals surface area contributed by atoms with Crippen molar-refractivity contribution < 1.29 is 0 Å². The molecule has 1 aliphatic rings. The van der Waals surface area contributed by atoms with E-state index < -0.39 is 0 Å². The average Bonchev–Trinajstić information content (AvgIpc) is 2.43. The summed E-state index contributed by atoms with van der Waals surface area (Å²) in [6, 6.07) is 0. The van der Waals surface area contributed by atoms with Gasteiger partial charge in [-0.3, -0.25) is 0 Å². The molecule has 1 N–H and O–H groups in total. The summed E-state index contributed by atoms with van der Waals surface area (Å²) in [5, 5.41) is 3.62. The molecule has 1 heterocycles. The second-order valence-corrected chi connectivity index (χ2v) is 7.76. The quantitative estimate of drug-likeness (QED) is 0.723. The van der Waals surface area contributed by atoms with Crippen LogP contribution in [0.1, 0.15) is 74.7 Å². The summed E-state index contributed by atoms with van der Waals surface area (Å²) in [5.74, 6) is 1.73. The van der Waals surface area contributed by atoms with Crippen LogP contribution in [-0.2, 0) is 0 Å². The topological polar surface area (TPSA) is 12.0 Å². The molecule has 0 radical (unpaired) electrons. The van der Waals surface area contributed by atoms with Gasteiger partial charge in [-0.15, -0.1) is 0 Å². The van der Waals surface area contributed by atoms with Crippen LogP contribution < -0.4 is 5.32 Å². The molecule has 0 spiro atoms. The molecular formula is C17H37N. The van der Waals surface area contributed by atoms with E-state index in [1.54, 1.807) is 0 Å². The van der Waals surface area contributed by atoms with E-state index in [-0.39, 0.29) is 0 Å². The van der Waals surface area contributed by atoms with E-state index in [4.69, 9.17) is 0 Å². The highest BCUT2D eigenvalue weighted by molar-refractivity contribution is 4.86. The second kappa shape index (κ2) is 7.53. The maximum atomic E-state index is 3.62. The van der Waals surface area contributed by atoms with Crippen molar-refractivity contribution in [2.75, 3.05) is 13.1 Å². The molecule has 0 aromatic heterocycles. The van der Waals surface area contributed by atoms with Gasteiger partial charge in [0, 0.05) is 0 Å². The Bertz CT molecular complexity index is 212. The molecule has 1 aliphatic heterocycles. The van der Waals surface area contributed by atoms with Gasteiger partial charge in [0.2, 0.25) is 0 Å². The fourth-order valence-corrected chi connectivity index (χ4v) is 3.42. The SMILES string of the molecule is CC.CC1CCNCC(C(C)(C)CC(C)(C)C)C1. The average molecular weight is 255 g/mol. The van der Waals surface area contributed by atoms with Crippen molar-refractivity contribution in [1.29, 1.82) is 0 Å². The van der Waals surface area contributed by atoms with E-state index in [1.165, 1.54) is 32.4 Å². The van der Waals surface area contributed by atoms with Crippen LogP contribution in [0.3, 0.4) is 0 Å². The summed E-state index contributed by atoms with van der Waals surface area (Å²) in [5.41, 5.74) is 0.906. The van der Waals surface area contributed by atoms with Gasteiger partial charge in [0.15, 0.2) is 0 Å². The number of hydrogen-bond donors (Lipinski definition) is 1. The maximum Gasteiger partial charge on any atom is -0.00153 e. The lowest BCUT2D eigenvalue weighted by Gasteiger charge is -2.39. The van der Waals surface area contributed by atoms with Crippen molar-refractivity contribution in [3.05, 3.63) is 0 Å². The van der Waals surface area contributed by atoms with Crippen LogP contribution in [0.4, 0.5) is 0 Å². The summed E-state index contributed by atoms with van der Waals surface area (Å²) in [7, 11) is 0. The van der Waals surface area contributed by atoms with Crippen molar-refractivity contribution in [3.63, 3.8) is 0 Å². The lowest BCUT2D eigenvalue weighted by molar-refractivity contribution is 0.116. The van der Waals surface area contributed by atoms with E-state index in [0.29, 0.717) is 10.8 Å². The van der Waals surface area contributed by atoms with E-state index in [2.05, 4.69) is 46.9 Å². The molecule has 2 atom stereocenters. The third-order valence-electron chi connectivity index (χ3n) is 3.98. The molecule has 2 unspecified atom stereocenters. The van der Waals surface area contributed by atoms with Crippen LogP contribution in [-0.4, -0.2) is 13.1 Å². The van der Waals surface area contributed by atoms with Crippen LogP contribution in [0.2, 0.25) is 0 Å². The molecule has 1 fully saturated rings. The van der Waals surface area contributed by atoms with Crippen molar-refractivity contribution in [2.24, 2.45) is 22.7 Å². The van der Waals surface area contributed by atoms with Crippen LogP contribution >= 0.6 is 0 Å². The van der Waals surface area contributed by atoms with Gasteiger partial charge >= 0.3 is 0 Å². The maximum absolute atomic E-state index is 3.62. The Kier molecular flexibility index (Phi) is 7.51. The fourth-order valence-electron chi connectivity index (χ4n) is 3.42. The van der Waals surface area contributed by atoms with E-state index in [0.717, 1.165) is 11.8 Å². The minimum Gasteiger partial charge on any atom is -0.316 e. The largest absolute Gasteiger partial charge is 0.316 e. The molecule has 1 heteroatoms. The zero-order chi connectivity index (χ0) is 14.4. The molecule has 1 rings (SSSR count). The third-order valence-corrected chi connectivity index (χ3v) is 3.98. The Hall–Kier alpha value is -0.0400. The van der Waals surface area contributed by atoms with Gasteiger partial charge in [-0.05, 0) is 55.0 Å². The van der Waals surface area contributed by atoms with E-state index >= 15 is 0 Å². The first-order valence-corrected chi connectivity index (χ1v) is 7.91. The monoisotopic (exact) mass is 255 g/mol. The molecule has 0 saturated carbocycles. The second-order valence-electron chi connectivity index (χ2n) is 7.76. The number of rotatable bonds is 2. The van der Waals surface area contributed by atoms with Gasteiger partial charge in [-0.1, -0.05) is 55.4 Å². The standard InChI is InChI=1S/C15H31N.C2H6/c1-12-7-8-16-10-13(9-12)15(5,6)11-14(2,3)4;1-2/h12-13,16H,7-11H2,1-6H3;1-2H3. The minimum absolute atomic E-state index is 0.443. The fraction of sp³-hybridized carbons (Fsp3) is 1.00. The first-order chi connectivity index (χ1) is 8.21.